The average molecular weight is 347 g/mol. The van der Waals surface area contributed by atoms with E-state index in [0.29, 0.717) is 16.5 Å². The third-order valence-corrected chi connectivity index (χ3v) is 5.02. The van der Waals surface area contributed by atoms with Gasteiger partial charge in [-0.15, -0.1) is 0 Å². The minimum Gasteiger partial charge on any atom is -0.338 e. The first-order valence-corrected chi connectivity index (χ1v) is 8.70. The van der Waals surface area contributed by atoms with Crippen LogP contribution in [-0.4, -0.2) is 39.7 Å². The second-order valence-corrected chi connectivity index (χ2v) is 6.98. The average Bonchev–Trinajstić information content (AvgIpc) is 2.96. The highest BCUT2D eigenvalue weighted by molar-refractivity contribution is 6.30. The van der Waals surface area contributed by atoms with Gasteiger partial charge >= 0.3 is 0 Å². The summed E-state index contributed by atoms with van der Waals surface area (Å²) in [6.45, 7) is 5.43. The molecule has 0 radical (unpaired) electrons. The van der Waals surface area contributed by atoms with Gasteiger partial charge in [-0.05, 0) is 50.8 Å². The second-order valence-electron chi connectivity index (χ2n) is 6.55. The number of carbonyl (C=O) groups is 1. The molecule has 128 valence electrons. The molecular formula is C18H23ClN4O. The number of piperidine rings is 1. The Morgan fingerprint density at radius 2 is 2.25 bits per heavy atom. The highest BCUT2D eigenvalue weighted by Gasteiger charge is 2.28. The molecule has 6 heteroatoms. The van der Waals surface area contributed by atoms with E-state index in [1.54, 1.807) is 10.9 Å². The standard InChI is InChI=1S/C18H23ClN4O/c1-12(20)14-5-4-8-22(11-14)18(24)17-10-21-23(13(17)2)16-7-3-6-15(19)9-16/h3,6-7,9-10,12,14H,4-5,8,11,20H2,1-2H3/t12-,14+/m1/s1. The lowest BCUT2D eigenvalue weighted by Gasteiger charge is -2.34. The Kier molecular flexibility index (Phi) is 4.92. The summed E-state index contributed by atoms with van der Waals surface area (Å²) in [7, 11) is 0. The van der Waals surface area contributed by atoms with Crippen LogP contribution in [-0.2, 0) is 0 Å². The van der Waals surface area contributed by atoms with Gasteiger partial charge in [0.25, 0.3) is 5.91 Å². The van der Waals surface area contributed by atoms with E-state index in [1.807, 2.05) is 43.0 Å². The van der Waals surface area contributed by atoms with E-state index in [2.05, 4.69) is 5.10 Å². The number of nitrogens with two attached hydrogens (primary N) is 1. The number of hydrogen-bond acceptors (Lipinski definition) is 3. The third-order valence-electron chi connectivity index (χ3n) is 4.78. The second kappa shape index (κ2) is 6.95. The van der Waals surface area contributed by atoms with E-state index in [9.17, 15) is 4.79 Å². The van der Waals surface area contributed by atoms with Crippen LogP contribution >= 0.6 is 11.6 Å². The molecule has 2 atom stereocenters. The monoisotopic (exact) mass is 346 g/mol. The molecule has 2 heterocycles. The lowest BCUT2D eigenvalue weighted by Crippen LogP contribution is -2.45. The molecule has 1 aliphatic rings. The van der Waals surface area contributed by atoms with Gasteiger partial charge in [-0.25, -0.2) is 4.68 Å². The van der Waals surface area contributed by atoms with Gasteiger partial charge in [0.05, 0.1) is 23.1 Å². The summed E-state index contributed by atoms with van der Waals surface area (Å²) in [6, 6.07) is 7.56. The van der Waals surface area contributed by atoms with Crippen molar-refractivity contribution in [3.63, 3.8) is 0 Å². The molecule has 0 bridgehead atoms. The number of nitrogens with zero attached hydrogens (tertiary/aromatic N) is 3. The van der Waals surface area contributed by atoms with Crippen LogP contribution in [0.25, 0.3) is 5.69 Å². The fourth-order valence-electron chi connectivity index (χ4n) is 3.28. The highest BCUT2D eigenvalue weighted by atomic mass is 35.5. The maximum atomic E-state index is 12.9. The maximum absolute atomic E-state index is 12.9. The number of aromatic nitrogens is 2. The van der Waals surface area contributed by atoms with Gasteiger partial charge in [-0.1, -0.05) is 17.7 Å². The van der Waals surface area contributed by atoms with Gasteiger partial charge in [0.15, 0.2) is 0 Å². The van der Waals surface area contributed by atoms with Crippen molar-refractivity contribution in [1.82, 2.24) is 14.7 Å². The van der Waals surface area contributed by atoms with Gasteiger partial charge in [0, 0.05) is 24.2 Å². The van der Waals surface area contributed by atoms with Gasteiger partial charge in [0.1, 0.15) is 0 Å². The molecule has 2 aromatic rings. The van der Waals surface area contributed by atoms with Crippen LogP contribution in [0.1, 0.15) is 35.8 Å². The number of benzene rings is 1. The molecule has 1 fully saturated rings. The first-order valence-electron chi connectivity index (χ1n) is 8.33. The van der Waals surface area contributed by atoms with Crippen molar-refractivity contribution in [3.05, 3.63) is 46.7 Å². The summed E-state index contributed by atoms with van der Waals surface area (Å²) >= 11 is 6.06. The molecule has 5 nitrogen and oxygen atoms in total. The lowest BCUT2D eigenvalue weighted by atomic mass is 9.92. The predicted octanol–water partition coefficient (Wildman–Crippen LogP) is 3.03. The van der Waals surface area contributed by atoms with Crippen LogP contribution in [0, 0.1) is 12.8 Å². The molecule has 0 unspecified atom stereocenters. The lowest BCUT2D eigenvalue weighted by molar-refractivity contribution is 0.0660. The zero-order valence-electron chi connectivity index (χ0n) is 14.1. The van der Waals surface area contributed by atoms with Gasteiger partial charge in [-0.2, -0.15) is 5.10 Å². The molecule has 0 aliphatic carbocycles. The largest absolute Gasteiger partial charge is 0.338 e. The highest BCUT2D eigenvalue weighted by Crippen LogP contribution is 2.23. The number of halogens is 1. The van der Waals surface area contributed by atoms with E-state index >= 15 is 0 Å². The number of rotatable bonds is 3. The van der Waals surface area contributed by atoms with Crippen molar-refractivity contribution < 1.29 is 4.79 Å². The first kappa shape index (κ1) is 17.0. The number of hydrogen-bond donors (Lipinski definition) is 1. The van der Waals surface area contributed by atoms with Crippen molar-refractivity contribution in [3.8, 4) is 5.69 Å². The molecule has 3 rings (SSSR count). The zero-order valence-corrected chi connectivity index (χ0v) is 14.8. The molecule has 2 N–H and O–H groups in total. The Labute approximate surface area is 147 Å². The van der Waals surface area contributed by atoms with Gasteiger partial charge < -0.3 is 10.6 Å². The van der Waals surface area contributed by atoms with E-state index < -0.39 is 0 Å². The summed E-state index contributed by atoms with van der Waals surface area (Å²) in [4.78, 5) is 14.8. The van der Waals surface area contributed by atoms with Crippen molar-refractivity contribution >= 4 is 17.5 Å². The minimum absolute atomic E-state index is 0.0335. The quantitative estimate of drug-likeness (QED) is 0.929. The molecule has 1 amide bonds. The normalized spacial score (nSPS) is 19.3. The van der Waals surface area contributed by atoms with Crippen LogP contribution in [0.4, 0.5) is 0 Å². The summed E-state index contributed by atoms with van der Waals surface area (Å²) < 4.78 is 1.76. The maximum Gasteiger partial charge on any atom is 0.257 e. The Bertz CT molecular complexity index is 740. The molecule has 1 aromatic heterocycles. The summed E-state index contributed by atoms with van der Waals surface area (Å²) in [6.07, 6.45) is 3.73. The Morgan fingerprint density at radius 3 is 2.96 bits per heavy atom. The topological polar surface area (TPSA) is 64.2 Å². The van der Waals surface area contributed by atoms with E-state index in [1.165, 1.54) is 0 Å². The summed E-state index contributed by atoms with van der Waals surface area (Å²) in [5.74, 6) is 0.400. The molecule has 24 heavy (non-hydrogen) atoms. The summed E-state index contributed by atoms with van der Waals surface area (Å²) in [5, 5.41) is 5.03. The smallest absolute Gasteiger partial charge is 0.257 e. The van der Waals surface area contributed by atoms with Crippen molar-refractivity contribution in [2.75, 3.05) is 13.1 Å². The van der Waals surface area contributed by atoms with Gasteiger partial charge in [0.2, 0.25) is 0 Å². The van der Waals surface area contributed by atoms with Crippen molar-refractivity contribution in [2.45, 2.75) is 32.7 Å². The zero-order chi connectivity index (χ0) is 17.3. The predicted molar refractivity (Wildman–Crippen MR) is 95.6 cm³/mol. The molecular weight excluding hydrogens is 324 g/mol. The molecule has 0 spiro atoms. The van der Waals surface area contributed by atoms with Crippen LogP contribution in [0.5, 0.6) is 0 Å². The van der Waals surface area contributed by atoms with Crippen molar-refractivity contribution in [1.29, 1.82) is 0 Å². The number of carbonyl (C=O) groups excluding carboxylic acids is 1. The Hall–Kier alpha value is -1.85. The summed E-state index contributed by atoms with van der Waals surface area (Å²) in [5.41, 5.74) is 8.34. The fourth-order valence-corrected chi connectivity index (χ4v) is 3.47. The van der Waals surface area contributed by atoms with Crippen LogP contribution < -0.4 is 5.73 Å². The van der Waals surface area contributed by atoms with E-state index in [0.717, 1.165) is 37.3 Å². The van der Waals surface area contributed by atoms with E-state index in [-0.39, 0.29) is 11.9 Å². The van der Waals surface area contributed by atoms with Crippen LogP contribution in [0.2, 0.25) is 5.02 Å². The number of likely N-dealkylation sites (tertiary alicyclic amines) is 1. The van der Waals surface area contributed by atoms with Crippen molar-refractivity contribution in [2.24, 2.45) is 11.7 Å². The first-order chi connectivity index (χ1) is 11.5. The molecule has 0 saturated carbocycles. The molecule has 1 aliphatic heterocycles. The minimum atomic E-state index is 0.0335. The fraction of sp³-hybridized carbons (Fsp3) is 0.444. The Morgan fingerprint density at radius 1 is 1.46 bits per heavy atom. The third kappa shape index (κ3) is 3.32. The van der Waals surface area contributed by atoms with Crippen LogP contribution in [0.15, 0.2) is 30.5 Å². The van der Waals surface area contributed by atoms with Gasteiger partial charge in [-0.3, -0.25) is 4.79 Å². The molecule has 1 saturated heterocycles. The number of amides is 1. The van der Waals surface area contributed by atoms with E-state index in [4.69, 9.17) is 17.3 Å². The SMILES string of the molecule is Cc1c(C(=O)N2CCC[C@H]([C@@H](C)N)C2)cnn1-c1cccc(Cl)c1. The Balaban J connectivity index is 1.84. The molecule has 1 aromatic carbocycles. The van der Waals surface area contributed by atoms with Crippen LogP contribution in [0.3, 0.4) is 0 Å².